The van der Waals surface area contributed by atoms with Gasteiger partial charge in [0.15, 0.2) is 0 Å². The monoisotopic (exact) mass is 265 g/mol. The van der Waals surface area contributed by atoms with Gasteiger partial charge in [-0.1, -0.05) is 52.9 Å². The van der Waals surface area contributed by atoms with E-state index in [9.17, 15) is 0 Å². The Labute approximate surface area is 120 Å². The fourth-order valence-corrected chi connectivity index (χ4v) is 4.68. The molecule has 0 heterocycles. The standard InChI is InChI=1S/C18H35N/c1-4-15-7-5-9-17(13-15)18(19)11-6-8-16(10-12-18)14(2)3/h14-17H,4-13,19H2,1-3H3. The van der Waals surface area contributed by atoms with Gasteiger partial charge in [0.1, 0.15) is 0 Å². The molecule has 1 heteroatoms. The van der Waals surface area contributed by atoms with Crippen LogP contribution in [0.1, 0.15) is 85.0 Å². The lowest BCUT2D eigenvalue weighted by Crippen LogP contribution is -2.48. The predicted octanol–water partition coefficient (Wildman–Crippen LogP) is 5.14. The summed E-state index contributed by atoms with van der Waals surface area (Å²) < 4.78 is 0. The second kappa shape index (κ2) is 6.61. The maximum atomic E-state index is 6.91. The highest BCUT2D eigenvalue weighted by Gasteiger charge is 2.39. The molecule has 0 amide bonds. The molecule has 2 N–H and O–H groups in total. The molecule has 2 fully saturated rings. The Morgan fingerprint density at radius 3 is 2.53 bits per heavy atom. The summed E-state index contributed by atoms with van der Waals surface area (Å²) >= 11 is 0. The van der Waals surface area contributed by atoms with Crippen LogP contribution in [0, 0.1) is 23.7 Å². The van der Waals surface area contributed by atoms with Gasteiger partial charge in [0.05, 0.1) is 0 Å². The van der Waals surface area contributed by atoms with Crippen molar-refractivity contribution in [2.45, 2.75) is 90.5 Å². The van der Waals surface area contributed by atoms with Crippen LogP contribution in [0.2, 0.25) is 0 Å². The Morgan fingerprint density at radius 2 is 1.84 bits per heavy atom. The summed E-state index contributed by atoms with van der Waals surface area (Å²) in [6.07, 6.45) is 13.8. The molecule has 19 heavy (non-hydrogen) atoms. The van der Waals surface area contributed by atoms with Crippen LogP contribution in [-0.2, 0) is 0 Å². The number of hydrogen-bond acceptors (Lipinski definition) is 1. The van der Waals surface area contributed by atoms with Crippen molar-refractivity contribution < 1.29 is 0 Å². The fraction of sp³-hybridized carbons (Fsp3) is 1.00. The van der Waals surface area contributed by atoms with Crippen LogP contribution in [0.25, 0.3) is 0 Å². The Kier molecular flexibility index (Phi) is 5.34. The summed E-state index contributed by atoms with van der Waals surface area (Å²) in [7, 11) is 0. The van der Waals surface area contributed by atoms with E-state index in [4.69, 9.17) is 5.73 Å². The van der Waals surface area contributed by atoms with E-state index >= 15 is 0 Å². The van der Waals surface area contributed by atoms with Gasteiger partial charge >= 0.3 is 0 Å². The highest BCUT2D eigenvalue weighted by molar-refractivity contribution is 4.96. The van der Waals surface area contributed by atoms with E-state index < -0.39 is 0 Å². The molecule has 2 saturated carbocycles. The van der Waals surface area contributed by atoms with Gasteiger partial charge in [0.2, 0.25) is 0 Å². The Hall–Kier alpha value is -0.0400. The molecular weight excluding hydrogens is 230 g/mol. The molecule has 0 aromatic carbocycles. The molecule has 0 aliphatic heterocycles. The van der Waals surface area contributed by atoms with E-state index in [0.717, 1.165) is 23.7 Å². The Morgan fingerprint density at radius 1 is 1.05 bits per heavy atom. The zero-order chi connectivity index (χ0) is 13.9. The van der Waals surface area contributed by atoms with Gasteiger partial charge < -0.3 is 5.73 Å². The summed E-state index contributed by atoms with van der Waals surface area (Å²) in [4.78, 5) is 0. The molecule has 2 aliphatic rings. The van der Waals surface area contributed by atoms with Gasteiger partial charge in [-0.15, -0.1) is 0 Å². The SMILES string of the molecule is CCC1CCCC(C2(N)CCCC(C(C)C)CC2)C1. The van der Waals surface area contributed by atoms with E-state index in [-0.39, 0.29) is 5.54 Å². The maximum absolute atomic E-state index is 6.91. The predicted molar refractivity (Wildman–Crippen MR) is 84.1 cm³/mol. The van der Waals surface area contributed by atoms with Gasteiger partial charge in [-0.05, 0) is 55.8 Å². The molecule has 0 saturated heterocycles. The van der Waals surface area contributed by atoms with Crippen LogP contribution in [-0.4, -0.2) is 5.54 Å². The first-order valence-electron chi connectivity index (χ1n) is 8.84. The first-order valence-corrected chi connectivity index (χ1v) is 8.84. The minimum absolute atomic E-state index is 0.178. The molecular formula is C18H35N. The van der Waals surface area contributed by atoms with E-state index in [1.807, 2.05) is 0 Å². The van der Waals surface area contributed by atoms with Crippen molar-refractivity contribution in [3.8, 4) is 0 Å². The summed E-state index contributed by atoms with van der Waals surface area (Å²) in [6.45, 7) is 7.14. The molecule has 0 aromatic heterocycles. The van der Waals surface area contributed by atoms with Crippen molar-refractivity contribution in [2.75, 3.05) is 0 Å². The summed E-state index contributed by atoms with van der Waals surface area (Å²) in [6, 6.07) is 0. The van der Waals surface area contributed by atoms with Crippen molar-refractivity contribution in [2.24, 2.45) is 29.4 Å². The van der Waals surface area contributed by atoms with Gasteiger partial charge in [0.25, 0.3) is 0 Å². The Bertz CT molecular complexity index is 273. The van der Waals surface area contributed by atoms with Gasteiger partial charge in [-0.2, -0.15) is 0 Å². The number of rotatable bonds is 3. The van der Waals surface area contributed by atoms with Gasteiger partial charge in [-0.25, -0.2) is 0 Å². The maximum Gasteiger partial charge on any atom is 0.0183 e. The molecule has 4 unspecified atom stereocenters. The highest BCUT2D eigenvalue weighted by Crippen LogP contribution is 2.43. The van der Waals surface area contributed by atoms with Crippen molar-refractivity contribution in [1.82, 2.24) is 0 Å². The molecule has 0 bridgehead atoms. The lowest BCUT2D eigenvalue weighted by atomic mass is 9.68. The summed E-state index contributed by atoms with van der Waals surface area (Å²) in [5.41, 5.74) is 7.09. The largest absolute Gasteiger partial charge is 0.325 e. The van der Waals surface area contributed by atoms with Crippen LogP contribution < -0.4 is 5.73 Å². The van der Waals surface area contributed by atoms with E-state index in [1.165, 1.54) is 64.2 Å². The second-order valence-electron chi connectivity index (χ2n) is 7.81. The Balaban J connectivity index is 1.97. The van der Waals surface area contributed by atoms with Gasteiger partial charge in [-0.3, -0.25) is 0 Å². The molecule has 112 valence electrons. The molecule has 0 radical (unpaired) electrons. The quantitative estimate of drug-likeness (QED) is 0.703. The smallest absolute Gasteiger partial charge is 0.0183 e. The number of nitrogens with two attached hydrogens (primary N) is 1. The van der Waals surface area contributed by atoms with E-state index in [2.05, 4.69) is 20.8 Å². The molecule has 0 aromatic rings. The first kappa shape index (κ1) is 15.4. The molecule has 4 atom stereocenters. The third-order valence-corrected chi connectivity index (χ3v) is 6.31. The average Bonchev–Trinajstić information content (AvgIpc) is 2.62. The highest BCUT2D eigenvalue weighted by atomic mass is 14.8. The van der Waals surface area contributed by atoms with Crippen molar-refractivity contribution in [3.05, 3.63) is 0 Å². The fourth-order valence-electron chi connectivity index (χ4n) is 4.68. The van der Waals surface area contributed by atoms with Crippen LogP contribution in [0.5, 0.6) is 0 Å². The minimum atomic E-state index is 0.178. The number of hydrogen-bond donors (Lipinski definition) is 1. The third kappa shape index (κ3) is 3.74. The topological polar surface area (TPSA) is 26.0 Å². The normalized spacial score (nSPS) is 41.2. The molecule has 0 spiro atoms. The lowest BCUT2D eigenvalue weighted by Gasteiger charge is -2.42. The van der Waals surface area contributed by atoms with Gasteiger partial charge in [0, 0.05) is 5.54 Å². The zero-order valence-electron chi connectivity index (χ0n) is 13.5. The average molecular weight is 265 g/mol. The van der Waals surface area contributed by atoms with Crippen molar-refractivity contribution in [3.63, 3.8) is 0 Å². The van der Waals surface area contributed by atoms with Crippen LogP contribution in [0.15, 0.2) is 0 Å². The van der Waals surface area contributed by atoms with Crippen molar-refractivity contribution >= 4 is 0 Å². The molecule has 1 nitrogen and oxygen atoms in total. The first-order chi connectivity index (χ1) is 9.05. The minimum Gasteiger partial charge on any atom is -0.325 e. The van der Waals surface area contributed by atoms with Crippen LogP contribution in [0.3, 0.4) is 0 Å². The second-order valence-corrected chi connectivity index (χ2v) is 7.81. The summed E-state index contributed by atoms with van der Waals surface area (Å²) in [5.74, 6) is 3.55. The molecule has 2 rings (SSSR count). The van der Waals surface area contributed by atoms with E-state index in [1.54, 1.807) is 0 Å². The van der Waals surface area contributed by atoms with Crippen LogP contribution >= 0.6 is 0 Å². The summed E-state index contributed by atoms with van der Waals surface area (Å²) in [5, 5.41) is 0. The molecule has 2 aliphatic carbocycles. The van der Waals surface area contributed by atoms with Crippen molar-refractivity contribution in [1.29, 1.82) is 0 Å². The third-order valence-electron chi connectivity index (χ3n) is 6.31. The van der Waals surface area contributed by atoms with E-state index in [0.29, 0.717) is 0 Å². The lowest BCUT2D eigenvalue weighted by molar-refractivity contribution is 0.144. The zero-order valence-corrected chi connectivity index (χ0v) is 13.5. The van der Waals surface area contributed by atoms with Crippen LogP contribution in [0.4, 0.5) is 0 Å².